The van der Waals surface area contributed by atoms with E-state index in [1.165, 1.54) is 10.6 Å². The van der Waals surface area contributed by atoms with Crippen LogP contribution in [-0.4, -0.2) is 26.3 Å². The van der Waals surface area contributed by atoms with Gasteiger partial charge in [0.05, 0.1) is 16.3 Å². The van der Waals surface area contributed by atoms with Crippen LogP contribution in [0, 0.1) is 20.8 Å². The summed E-state index contributed by atoms with van der Waals surface area (Å²) in [4.78, 5) is 23.2. The average molecular weight is 340 g/mol. The molecule has 1 aliphatic rings. The van der Waals surface area contributed by atoms with Crippen molar-refractivity contribution in [3.05, 3.63) is 50.9 Å². The first kappa shape index (κ1) is 15.3. The van der Waals surface area contributed by atoms with E-state index in [9.17, 15) is 4.79 Å². The van der Waals surface area contributed by atoms with E-state index in [1.807, 2.05) is 43.5 Å². The van der Waals surface area contributed by atoms with Crippen LogP contribution in [0.2, 0.25) is 0 Å². The maximum atomic E-state index is 12.8. The molecule has 0 saturated heterocycles. The lowest BCUT2D eigenvalue weighted by Crippen LogP contribution is -2.38. The van der Waals surface area contributed by atoms with Gasteiger partial charge in [0.25, 0.3) is 5.91 Å². The zero-order chi connectivity index (χ0) is 16.8. The highest BCUT2D eigenvalue weighted by Crippen LogP contribution is 2.27. The minimum atomic E-state index is -0.0373. The molecule has 3 aromatic heterocycles. The monoisotopic (exact) mass is 340 g/mol. The molecule has 1 amide bonds. The quantitative estimate of drug-likeness (QED) is 0.780. The molecule has 4 rings (SSSR count). The van der Waals surface area contributed by atoms with Gasteiger partial charge in [0, 0.05) is 34.9 Å². The highest BCUT2D eigenvalue weighted by molar-refractivity contribution is 7.11. The van der Waals surface area contributed by atoms with Crippen LogP contribution in [0.5, 0.6) is 0 Å². The molecule has 3 aromatic rings. The number of carbonyl (C=O) groups is 1. The van der Waals surface area contributed by atoms with Crippen LogP contribution in [0.15, 0.2) is 18.3 Å². The first-order chi connectivity index (χ1) is 11.5. The Morgan fingerprint density at radius 3 is 3.00 bits per heavy atom. The number of aryl methyl sites for hydroxylation is 4. The third-order valence-corrected chi connectivity index (χ3v) is 5.60. The van der Waals surface area contributed by atoms with E-state index in [1.54, 1.807) is 11.3 Å². The summed E-state index contributed by atoms with van der Waals surface area (Å²) < 4.78 is 1.97. The first-order valence-corrected chi connectivity index (χ1v) is 9.04. The summed E-state index contributed by atoms with van der Waals surface area (Å²) >= 11 is 1.75. The van der Waals surface area contributed by atoms with Crippen molar-refractivity contribution in [1.29, 1.82) is 0 Å². The Labute approximate surface area is 144 Å². The number of carbonyl (C=O) groups excluding carboxylic acids is 1. The molecule has 0 fully saturated rings. The average Bonchev–Trinajstić information content (AvgIpc) is 3.09. The van der Waals surface area contributed by atoms with Crippen molar-refractivity contribution in [2.24, 2.45) is 0 Å². The number of nitrogens with one attached hydrogen (secondary N) is 1. The minimum Gasteiger partial charge on any atom is -0.349 e. The van der Waals surface area contributed by atoms with Gasteiger partial charge in [0.2, 0.25) is 0 Å². The number of thiazole rings is 1. The molecule has 1 aliphatic carbocycles. The summed E-state index contributed by atoms with van der Waals surface area (Å²) in [6.07, 6.45) is 4.68. The highest BCUT2D eigenvalue weighted by atomic mass is 32.1. The second-order valence-corrected chi connectivity index (χ2v) is 7.77. The van der Waals surface area contributed by atoms with Gasteiger partial charge < -0.3 is 9.72 Å². The Hall–Kier alpha value is -2.21. The number of nitrogens with zero attached hydrogens (tertiary/aromatic N) is 3. The zero-order valence-electron chi connectivity index (χ0n) is 14.1. The van der Waals surface area contributed by atoms with E-state index >= 15 is 0 Å². The van der Waals surface area contributed by atoms with Gasteiger partial charge in [-0.2, -0.15) is 0 Å². The van der Waals surface area contributed by atoms with Gasteiger partial charge in [-0.05, 0) is 45.7 Å². The van der Waals surface area contributed by atoms with E-state index in [-0.39, 0.29) is 11.9 Å². The molecule has 3 heterocycles. The van der Waals surface area contributed by atoms with Crippen molar-refractivity contribution in [2.45, 2.75) is 46.1 Å². The number of amides is 1. The molecule has 0 aliphatic heterocycles. The van der Waals surface area contributed by atoms with Crippen molar-refractivity contribution >= 4 is 22.9 Å². The Kier molecular flexibility index (Phi) is 3.64. The first-order valence-electron chi connectivity index (χ1n) is 8.22. The lowest BCUT2D eigenvalue weighted by atomic mass is 9.97. The van der Waals surface area contributed by atoms with Crippen LogP contribution in [-0.2, 0) is 12.8 Å². The standard InChI is InChI=1S/C18H20N4OS/c1-10-8-11(2)22-7-6-14(17(22)19-10)18(23)21-13-4-5-15-16(9-13)24-12(3)20-15/h6-8,13H,4-5,9H2,1-3H3,(H,21,23). The van der Waals surface area contributed by atoms with E-state index in [0.717, 1.165) is 41.3 Å². The van der Waals surface area contributed by atoms with Gasteiger partial charge in [-0.25, -0.2) is 9.97 Å². The smallest absolute Gasteiger partial charge is 0.255 e. The Balaban J connectivity index is 1.57. The molecule has 1 unspecified atom stereocenters. The molecule has 6 heteroatoms. The lowest BCUT2D eigenvalue weighted by Gasteiger charge is -2.22. The predicted octanol–water partition coefficient (Wildman–Crippen LogP) is 3.00. The fourth-order valence-electron chi connectivity index (χ4n) is 3.46. The lowest BCUT2D eigenvalue weighted by molar-refractivity contribution is 0.0935. The third kappa shape index (κ3) is 2.60. The van der Waals surface area contributed by atoms with E-state index < -0.39 is 0 Å². The largest absolute Gasteiger partial charge is 0.349 e. The van der Waals surface area contributed by atoms with Gasteiger partial charge >= 0.3 is 0 Å². The summed E-state index contributed by atoms with van der Waals surface area (Å²) in [7, 11) is 0. The number of rotatable bonds is 2. The van der Waals surface area contributed by atoms with Gasteiger partial charge in [-0.3, -0.25) is 4.79 Å². The number of hydrogen-bond acceptors (Lipinski definition) is 4. The molecule has 0 bridgehead atoms. The van der Waals surface area contributed by atoms with Crippen LogP contribution in [0.1, 0.15) is 43.7 Å². The predicted molar refractivity (Wildman–Crippen MR) is 94.8 cm³/mol. The second-order valence-electron chi connectivity index (χ2n) is 6.48. The van der Waals surface area contributed by atoms with Crippen LogP contribution < -0.4 is 5.32 Å². The fourth-order valence-corrected chi connectivity index (χ4v) is 4.52. The van der Waals surface area contributed by atoms with Crippen molar-refractivity contribution in [1.82, 2.24) is 19.7 Å². The van der Waals surface area contributed by atoms with E-state index in [0.29, 0.717) is 5.56 Å². The minimum absolute atomic E-state index is 0.0373. The number of fused-ring (bicyclic) bond motifs is 2. The molecule has 124 valence electrons. The van der Waals surface area contributed by atoms with Crippen molar-refractivity contribution in [2.75, 3.05) is 0 Å². The van der Waals surface area contributed by atoms with E-state index in [4.69, 9.17) is 0 Å². The maximum Gasteiger partial charge on any atom is 0.255 e. The van der Waals surface area contributed by atoms with Crippen LogP contribution in [0.4, 0.5) is 0 Å². The number of aromatic nitrogens is 3. The molecule has 5 nitrogen and oxygen atoms in total. The van der Waals surface area contributed by atoms with E-state index in [2.05, 4.69) is 15.3 Å². The van der Waals surface area contributed by atoms with Gasteiger partial charge in [-0.1, -0.05) is 0 Å². The molecular formula is C18H20N4OS. The van der Waals surface area contributed by atoms with Crippen molar-refractivity contribution < 1.29 is 4.79 Å². The van der Waals surface area contributed by atoms with Crippen molar-refractivity contribution in [3.63, 3.8) is 0 Å². The van der Waals surface area contributed by atoms with Crippen LogP contribution >= 0.6 is 11.3 Å². The normalized spacial score (nSPS) is 17.0. The molecule has 0 radical (unpaired) electrons. The molecule has 0 aromatic carbocycles. The van der Waals surface area contributed by atoms with Crippen molar-refractivity contribution in [3.8, 4) is 0 Å². The second kappa shape index (κ2) is 5.70. The summed E-state index contributed by atoms with van der Waals surface area (Å²) in [5, 5.41) is 4.30. The maximum absolute atomic E-state index is 12.8. The SMILES string of the molecule is Cc1cc(C)n2ccc(C(=O)NC3CCc4nc(C)sc4C3)c2n1. The Morgan fingerprint density at radius 1 is 1.33 bits per heavy atom. The van der Waals surface area contributed by atoms with Gasteiger partial charge in [0.15, 0.2) is 0 Å². The zero-order valence-corrected chi connectivity index (χ0v) is 14.9. The molecule has 1 atom stereocenters. The molecule has 0 saturated carbocycles. The van der Waals surface area contributed by atoms with Gasteiger partial charge in [-0.15, -0.1) is 11.3 Å². The third-order valence-electron chi connectivity index (χ3n) is 4.57. The highest BCUT2D eigenvalue weighted by Gasteiger charge is 2.24. The van der Waals surface area contributed by atoms with Crippen LogP contribution in [0.3, 0.4) is 0 Å². The summed E-state index contributed by atoms with van der Waals surface area (Å²) in [5.74, 6) is -0.0373. The molecule has 1 N–H and O–H groups in total. The summed E-state index contributed by atoms with van der Waals surface area (Å²) in [6, 6.07) is 4.05. The topological polar surface area (TPSA) is 59.3 Å². The molecule has 24 heavy (non-hydrogen) atoms. The summed E-state index contributed by atoms with van der Waals surface area (Å²) in [6.45, 7) is 6.02. The van der Waals surface area contributed by atoms with Gasteiger partial charge in [0.1, 0.15) is 5.65 Å². The summed E-state index contributed by atoms with van der Waals surface area (Å²) in [5.41, 5.74) is 4.60. The molecular weight excluding hydrogens is 320 g/mol. The molecule has 0 spiro atoms. The Morgan fingerprint density at radius 2 is 2.17 bits per heavy atom. The van der Waals surface area contributed by atoms with Crippen LogP contribution in [0.25, 0.3) is 5.65 Å². The Bertz CT molecular complexity index is 940. The fraction of sp³-hybridized carbons (Fsp3) is 0.389. The number of hydrogen-bond donors (Lipinski definition) is 1.